The summed E-state index contributed by atoms with van der Waals surface area (Å²) in [5.41, 5.74) is 1.77. The average Bonchev–Trinajstić information content (AvgIpc) is 3.30. The number of halogens is 2. The van der Waals surface area contributed by atoms with Crippen LogP contribution in [0.25, 0.3) is 0 Å². The molecule has 3 rings (SSSR count). The van der Waals surface area contributed by atoms with Gasteiger partial charge >= 0.3 is 0 Å². The molecule has 0 aliphatic heterocycles. The number of aromatic nitrogens is 1. The smallest absolute Gasteiger partial charge is 0.133 e. The molecule has 21 heavy (non-hydrogen) atoms. The number of benzene rings is 1. The number of rotatable bonds is 5. The standard InChI is InChI=1S/C16H17ClFN3/c1-21(14-4-2-3-12(18)8-14)16-7-11(15(17)10-20-16)9-19-13-5-6-13/h2-4,7-8,10,13,19H,5-6,9H2,1H3. The number of hydrogen-bond acceptors (Lipinski definition) is 3. The predicted molar refractivity (Wildman–Crippen MR) is 83.6 cm³/mol. The molecule has 5 heteroatoms. The van der Waals surface area contributed by atoms with Crippen molar-refractivity contribution in [2.75, 3.05) is 11.9 Å². The third-order valence-corrected chi connectivity index (χ3v) is 3.96. The Bertz CT molecular complexity index is 643. The van der Waals surface area contributed by atoms with Crippen LogP contribution >= 0.6 is 11.6 Å². The molecule has 1 heterocycles. The van der Waals surface area contributed by atoms with Gasteiger partial charge in [-0.15, -0.1) is 0 Å². The van der Waals surface area contributed by atoms with E-state index in [1.54, 1.807) is 12.3 Å². The van der Waals surface area contributed by atoms with Crippen LogP contribution in [0.2, 0.25) is 5.02 Å². The number of pyridine rings is 1. The van der Waals surface area contributed by atoms with Crippen LogP contribution in [0.3, 0.4) is 0 Å². The van der Waals surface area contributed by atoms with Gasteiger partial charge in [0.05, 0.1) is 5.02 Å². The van der Waals surface area contributed by atoms with Crippen LogP contribution < -0.4 is 10.2 Å². The molecule has 1 fully saturated rings. The highest BCUT2D eigenvalue weighted by Gasteiger charge is 2.20. The highest BCUT2D eigenvalue weighted by Crippen LogP contribution is 2.27. The van der Waals surface area contributed by atoms with Crippen LogP contribution in [0.4, 0.5) is 15.9 Å². The summed E-state index contributed by atoms with van der Waals surface area (Å²) >= 11 is 6.19. The van der Waals surface area contributed by atoms with E-state index in [1.807, 2.05) is 24.1 Å². The molecule has 1 aliphatic carbocycles. The van der Waals surface area contributed by atoms with E-state index in [2.05, 4.69) is 10.3 Å². The third-order valence-electron chi connectivity index (χ3n) is 3.62. The van der Waals surface area contributed by atoms with E-state index in [0.29, 0.717) is 11.1 Å². The second-order valence-corrected chi connectivity index (χ2v) is 5.74. The Hall–Kier alpha value is -1.65. The summed E-state index contributed by atoms with van der Waals surface area (Å²) in [5.74, 6) is 0.488. The van der Waals surface area contributed by atoms with Gasteiger partial charge in [-0.3, -0.25) is 0 Å². The lowest BCUT2D eigenvalue weighted by Crippen LogP contribution is -2.17. The van der Waals surface area contributed by atoms with E-state index in [4.69, 9.17) is 11.6 Å². The van der Waals surface area contributed by atoms with E-state index in [1.165, 1.54) is 25.0 Å². The Balaban J connectivity index is 1.81. The average molecular weight is 306 g/mol. The number of nitrogens with zero attached hydrogens (tertiary/aromatic N) is 2. The lowest BCUT2D eigenvalue weighted by molar-refractivity contribution is 0.628. The zero-order chi connectivity index (χ0) is 14.8. The van der Waals surface area contributed by atoms with Gasteiger partial charge in [0.25, 0.3) is 0 Å². The van der Waals surface area contributed by atoms with Crippen molar-refractivity contribution < 1.29 is 4.39 Å². The van der Waals surface area contributed by atoms with Crippen LogP contribution in [0.15, 0.2) is 36.5 Å². The topological polar surface area (TPSA) is 28.2 Å². The minimum absolute atomic E-state index is 0.260. The first-order chi connectivity index (χ1) is 10.1. The Morgan fingerprint density at radius 3 is 2.90 bits per heavy atom. The zero-order valence-electron chi connectivity index (χ0n) is 11.8. The predicted octanol–water partition coefficient (Wildman–Crippen LogP) is 3.89. The molecule has 0 unspecified atom stereocenters. The molecule has 0 saturated heterocycles. The maximum atomic E-state index is 13.3. The zero-order valence-corrected chi connectivity index (χ0v) is 12.6. The summed E-state index contributed by atoms with van der Waals surface area (Å²) in [6, 6.07) is 9.02. The number of hydrogen-bond donors (Lipinski definition) is 1. The first kappa shape index (κ1) is 14.3. The van der Waals surface area contributed by atoms with Crippen LogP contribution in [0, 0.1) is 5.82 Å². The molecular formula is C16H17ClFN3. The summed E-state index contributed by atoms with van der Waals surface area (Å²) in [6.45, 7) is 0.732. The highest BCUT2D eigenvalue weighted by molar-refractivity contribution is 6.31. The van der Waals surface area contributed by atoms with Crippen LogP contribution in [-0.4, -0.2) is 18.1 Å². The molecule has 0 spiro atoms. The lowest BCUT2D eigenvalue weighted by Gasteiger charge is -2.19. The largest absolute Gasteiger partial charge is 0.329 e. The molecule has 110 valence electrons. The van der Waals surface area contributed by atoms with E-state index < -0.39 is 0 Å². The molecular weight excluding hydrogens is 289 g/mol. The van der Waals surface area contributed by atoms with E-state index in [0.717, 1.165) is 23.6 Å². The normalized spacial score (nSPS) is 14.2. The second-order valence-electron chi connectivity index (χ2n) is 5.33. The number of nitrogens with one attached hydrogen (secondary N) is 1. The second kappa shape index (κ2) is 6.00. The molecule has 1 saturated carbocycles. The van der Waals surface area contributed by atoms with Gasteiger partial charge in [-0.25, -0.2) is 9.37 Å². The van der Waals surface area contributed by atoms with Crippen LogP contribution in [0.5, 0.6) is 0 Å². The van der Waals surface area contributed by atoms with Crippen molar-refractivity contribution in [1.82, 2.24) is 10.3 Å². The molecule has 1 aromatic carbocycles. The summed E-state index contributed by atoms with van der Waals surface area (Å²) in [6.07, 6.45) is 4.12. The fourth-order valence-corrected chi connectivity index (χ4v) is 2.32. The van der Waals surface area contributed by atoms with Gasteiger partial charge in [-0.2, -0.15) is 0 Å². The first-order valence-electron chi connectivity index (χ1n) is 7.00. The van der Waals surface area contributed by atoms with E-state index in [9.17, 15) is 4.39 Å². The Morgan fingerprint density at radius 1 is 1.38 bits per heavy atom. The first-order valence-corrected chi connectivity index (χ1v) is 7.38. The molecule has 1 N–H and O–H groups in total. The Labute approximate surface area is 128 Å². The minimum atomic E-state index is -0.260. The van der Waals surface area contributed by atoms with Gasteiger partial charge in [0.15, 0.2) is 0 Å². The molecule has 0 amide bonds. The lowest BCUT2D eigenvalue weighted by atomic mass is 10.2. The fraction of sp³-hybridized carbons (Fsp3) is 0.312. The number of anilines is 2. The quantitative estimate of drug-likeness (QED) is 0.908. The van der Waals surface area contributed by atoms with E-state index >= 15 is 0 Å². The Kier molecular flexibility index (Phi) is 4.08. The van der Waals surface area contributed by atoms with Gasteiger partial charge < -0.3 is 10.2 Å². The van der Waals surface area contributed by atoms with Crippen molar-refractivity contribution in [2.24, 2.45) is 0 Å². The summed E-state index contributed by atoms with van der Waals surface area (Å²) in [7, 11) is 1.86. The summed E-state index contributed by atoms with van der Waals surface area (Å²) in [4.78, 5) is 6.18. The summed E-state index contributed by atoms with van der Waals surface area (Å²) in [5, 5.41) is 4.09. The van der Waals surface area contributed by atoms with Crippen molar-refractivity contribution >= 4 is 23.1 Å². The highest BCUT2D eigenvalue weighted by atomic mass is 35.5. The summed E-state index contributed by atoms with van der Waals surface area (Å²) < 4.78 is 13.3. The van der Waals surface area contributed by atoms with Crippen LogP contribution in [0.1, 0.15) is 18.4 Å². The molecule has 0 atom stereocenters. The minimum Gasteiger partial charge on any atom is -0.329 e. The van der Waals surface area contributed by atoms with Crippen molar-refractivity contribution in [3.05, 3.63) is 52.9 Å². The third kappa shape index (κ3) is 3.52. The fourth-order valence-electron chi connectivity index (χ4n) is 2.15. The molecule has 3 nitrogen and oxygen atoms in total. The molecule has 2 aromatic rings. The maximum absolute atomic E-state index is 13.3. The molecule has 0 bridgehead atoms. The van der Waals surface area contributed by atoms with Gasteiger partial charge in [-0.05, 0) is 42.7 Å². The van der Waals surface area contributed by atoms with Crippen molar-refractivity contribution in [3.8, 4) is 0 Å². The maximum Gasteiger partial charge on any atom is 0.133 e. The van der Waals surface area contributed by atoms with E-state index in [-0.39, 0.29) is 5.82 Å². The SMILES string of the molecule is CN(c1cccc(F)c1)c1cc(CNC2CC2)c(Cl)cn1. The van der Waals surface area contributed by atoms with Crippen molar-refractivity contribution in [2.45, 2.75) is 25.4 Å². The molecule has 1 aromatic heterocycles. The van der Waals surface area contributed by atoms with Gasteiger partial charge in [-0.1, -0.05) is 17.7 Å². The van der Waals surface area contributed by atoms with Gasteiger partial charge in [0.1, 0.15) is 11.6 Å². The van der Waals surface area contributed by atoms with Crippen LogP contribution in [-0.2, 0) is 6.54 Å². The molecule has 1 aliphatic rings. The van der Waals surface area contributed by atoms with Crippen molar-refractivity contribution in [1.29, 1.82) is 0 Å². The molecule has 0 radical (unpaired) electrons. The monoisotopic (exact) mass is 305 g/mol. The Morgan fingerprint density at radius 2 is 2.19 bits per heavy atom. The van der Waals surface area contributed by atoms with Gasteiger partial charge in [0.2, 0.25) is 0 Å². The van der Waals surface area contributed by atoms with Gasteiger partial charge in [0, 0.05) is 31.5 Å². The van der Waals surface area contributed by atoms with Crippen molar-refractivity contribution in [3.63, 3.8) is 0 Å².